The van der Waals surface area contributed by atoms with E-state index in [1.165, 1.54) is 6.92 Å². The number of ether oxygens (including phenoxy) is 1. The third-order valence-corrected chi connectivity index (χ3v) is 6.08. The molecule has 1 aromatic heterocycles. The summed E-state index contributed by atoms with van der Waals surface area (Å²) in [6.07, 6.45) is 0. The molecule has 0 saturated carbocycles. The minimum atomic E-state index is -1.41. The van der Waals surface area contributed by atoms with Crippen LogP contribution in [-0.2, 0) is 39.5 Å². The summed E-state index contributed by atoms with van der Waals surface area (Å²) in [5, 5.41) is 0. The van der Waals surface area contributed by atoms with Crippen molar-refractivity contribution in [1.29, 1.82) is 0 Å². The molecular weight excluding hydrogens is 368 g/mol. The van der Waals surface area contributed by atoms with Crippen LogP contribution in [0.1, 0.15) is 12.7 Å². The van der Waals surface area contributed by atoms with Crippen molar-refractivity contribution in [3.63, 3.8) is 0 Å². The Bertz CT molecular complexity index is 271. The molecule has 0 N–H and O–H groups in total. The number of hydrogen-bond donors (Lipinski definition) is 0. The summed E-state index contributed by atoms with van der Waals surface area (Å²) >= 11 is -1.41. The molecule has 1 aromatic rings. The van der Waals surface area contributed by atoms with Gasteiger partial charge < -0.3 is 0 Å². The first-order valence-corrected chi connectivity index (χ1v) is 13.0. The normalized spacial score (nSPS) is 9.17. The van der Waals surface area contributed by atoms with Crippen molar-refractivity contribution < 1.29 is 37.3 Å². The van der Waals surface area contributed by atoms with Crippen LogP contribution in [0.3, 0.4) is 0 Å². The van der Waals surface area contributed by atoms with Gasteiger partial charge in [0.2, 0.25) is 0 Å². The molecule has 62 valence electrons. The average molecular weight is 375 g/mol. The van der Waals surface area contributed by atoms with Gasteiger partial charge in [-0.15, -0.1) is 0 Å². The van der Waals surface area contributed by atoms with E-state index < -0.39 is 23.3 Å². The summed E-state index contributed by atoms with van der Waals surface area (Å²) in [5.74, 6) is 0.365. The van der Waals surface area contributed by atoms with Crippen molar-refractivity contribution >= 4 is 17.5 Å². The number of esters is 1. The molecular formula is C7H7ClHgO3. The Kier molecular flexibility index (Phi) is 4.08. The van der Waals surface area contributed by atoms with Gasteiger partial charge in [-0.05, 0) is 0 Å². The number of halogens is 1. The monoisotopic (exact) mass is 376 g/mol. The van der Waals surface area contributed by atoms with Gasteiger partial charge in [-0.2, -0.15) is 0 Å². The molecule has 0 radical (unpaired) electrons. The molecule has 0 saturated heterocycles. The maximum atomic E-state index is 10.4. The number of rotatable bonds is 3. The molecule has 5 heteroatoms. The van der Waals surface area contributed by atoms with Gasteiger partial charge in [-0.25, -0.2) is 0 Å². The third kappa shape index (κ3) is 3.15. The molecule has 1 rings (SSSR count). The van der Waals surface area contributed by atoms with E-state index in [9.17, 15) is 4.79 Å². The van der Waals surface area contributed by atoms with Crippen LogP contribution < -0.4 is 3.27 Å². The molecule has 0 unspecified atom stereocenters. The van der Waals surface area contributed by atoms with Gasteiger partial charge in [-0.1, -0.05) is 0 Å². The van der Waals surface area contributed by atoms with Gasteiger partial charge in [-0.3, -0.25) is 0 Å². The van der Waals surface area contributed by atoms with E-state index in [1.54, 1.807) is 6.07 Å². The maximum absolute atomic E-state index is 10.4. The van der Waals surface area contributed by atoms with Crippen molar-refractivity contribution in [2.24, 2.45) is 0 Å². The third-order valence-electron chi connectivity index (χ3n) is 1.27. The summed E-state index contributed by atoms with van der Waals surface area (Å²) in [6.45, 7) is 1.57. The van der Waals surface area contributed by atoms with E-state index in [4.69, 9.17) is 17.4 Å². The van der Waals surface area contributed by atoms with Crippen LogP contribution in [0.15, 0.2) is 16.5 Å². The van der Waals surface area contributed by atoms with E-state index in [0.29, 0.717) is 5.76 Å². The average Bonchev–Trinajstić information content (AvgIpc) is 2.48. The first kappa shape index (κ1) is 10.1. The second kappa shape index (κ2) is 4.87. The Morgan fingerprint density at radius 2 is 2.50 bits per heavy atom. The van der Waals surface area contributed by atoms with E-state index in [1.807, 2.05) is 6.07 Å². The molecule has 12 heavy (non-hydrogen) atoms. The fourth-order valence-electron chi connectivity index (χ4n) is 0.744. The molecule has 0 bridgehead atoms. The second-order valence-electron chi connectivity index (χ2n) is 2.28. The number of furan rings is 1. The zero-order valence-electron chi connectivity index (χ0n) is 6.67. The Hall–Kier alpha value is -0.0249. The SMILES string of the molecule is CC(=O)OCc1cc[c]([Hg][Cl])o1. The van der Waals surface area contributed by atoms with Crippen molar-refractivity contribution in [2.45, 2.75) is 13.5 Å². The molecule has 0 aliphatic carbocycles. The van der Waals surface area contributed by atoms with Gasteiger partial charge >= 0.3 is 86.2 Å². The minimum absolute atomic E-state index is 0.208. The summed E-state index contributed by atoms with van der Waals surface area (Å²) in [4.78, 5) is 10.4. The van der Waals surface area contributed by atoms with Gasteiger partial charge in [0.05, 0.1) is 0 Å². The molecule has 0 fully saturated rings. The van der Waals surface area contributed by atoms with Gasteiger partial charge in [0, 0.05) is 0 Å². The van der Waals surface area contributed by atoms with Crippen LogP contribution in [-0.4, -0.2) is 5.97 Å². The van der Waals surface area contributed by atoms with Crippen LogP contribution in [0.4, 0.5) is 0 Å². The van der Waals surface area contributed by atoms with E-state index in [2.05, 4.69) is 0 Å². The predicted molar refractivity (Wildman–Crippen MR) is 39.7 cm³/mol. The van der Waals surface area contributed by atoms with Crippen molar-refractivity contribution in [3.05, 3.63) is 17.9 Å². The molecule has 0 spiro atoms. The molecule has 0 aromatic carbocycles. The molecule has 0 aliphatic rings. The first-order chi connectivity index (χ1) is 5.72. The zero-order valence-corrected chi connectivity index (χ0v) is 12.9. The van der Waals surface area contributed by atoms with Crippen molar-refractivity contribution in [2.75, 3.05) is 0 Å². The van der Waals surface area contributed by atoms with Gasteiger partial charge in [0.1, 0.15) is 0 Å². The molecule has 0 amide bonds. The van der Waals surface area contributed by atoms with Crippen LogP contribution in [0.5, 0.6) is 0 Å². The predicted octanol–water partition coefficient (Wildman–Crippen LogP) is 1.20. The fraction of sp³-hybridized carbons (Fsp3) is 0.286. The van der Waals surface area contributed by atoms with Crippen LogP contribution in [0.2, 0.25) is 0 Å². The van der Waals surface area contributed by atoms with Crippen molar-refractivity contribution in [3.8, 4) is 0 Å². The number of hydrogen-bond acceptors (Lipinski definition) is 3. The van der Waals surface area contributed by atoms with Crippen molar-refractivity contribution in [1.82, 2.24) is 0 Å². The summed E-state index contributed by atoms with van der Waals surface area (Å²) < 4.78 is 10.9. The van der Waals surface area contributed by atoms with E-state index >= 15 is 0 Å². The summed E-state index contributed by atoms with van der Waals surface area (Å²) in [7, 11) is 5.72. The summed E-state index contributed by atoms with van der Waals surface area (Å²) in [5.41, 5.74) is 0. The first-order valence-electron chi connectivity index (χ1n) is 3.49. The Labute approximate surface area is 85.9 Å². The second-order valence-corrected chi connectivity index (χ2v) is 8.38. The van der Waals surface area contributed by atoms with E-state index in [-0.39, 0.29) is 12.6 Å². The van der Waals surface area contributed by atoms with Crippen LogP contribution in [0.25, 0.3) is 0 Å². The Morgan fingerprint density at radius 1 is 1.75 bits per heavy atom. The summed E-state index contributed by atoms with van der Waals surface area (Å²) in [6, 6.07) is 3.65. The molecule has 0 atom stereocenters. The molecule has 1 heterocycles. The quantitative estimate of drug-likeness (QED) is 0.589. The van der Waals surface area contributed by atoms with Crippen LogP contribution >= 0.6 is 8.25 Å². The van der Waals surface area contributed by atoms with Gasteiger partial charge in [0.25, 0.3) is 0 Å². The van der Waals surface area contributed by atoms with Crippen LogP contribution in [0, 0.1) is 0 Å². The van der Waals surface area contributed by atoms with Gasteiger partial charge in [0.15, 0.2) is 0 Å². The molecule has 0 aliphatic heterocycles. The molecule has 3 nitrogen and oxygen atoms in total. The Morgan fingerprint density at radius 3 is 3.00 bits per heavy atom. The van der Waals surface area contributed by atoms with E-state index in [0.717, 1.165) is 3.27 Å². The number of carbonyl (C=O) groups excluding carboxylic acids is 1. The Balaban J connectivity index is 2.47. The standard InChI is InChI=1S/C7H7O3.ClH.Hg/c1-6(8)10-5-7-3-2-4-9-7;;/h2-3H,5H2,1H3;1H;/q;;+1/p-1. The zero-order chi connectivity index (χ0) is 8.97. The fourth-order valence-corrected chi connectivity index (χ4v) is 3.74. The topological polar surface area (TPSA) is 39.4 Å². The number of carbonyl (C=O) groups is 1.